The third kappa shape index (κ3) is 1.61. The van der Waals surface area contributed by atoms with Crippen molar-refractivity contribution in [3.05, 3.63) is 34.9 Å². The Morgan fingerprint density at radius 3 is 2.60 bits per heavy atom. The van der Waals surface area contributed by atoms with Gasteiger partial charge in [0, 0.05) is 0 Å². The Morgan fingerprint density at radius 2 is 2.10 bits per heavy atom. The topological polar surface area (TPSA) is 12.9 Å². The molecule has 1 nitrogen and oxygen atoms in total. The van der Waals surface area contributed by atoms with Gasteiger partial charge in [-0.1, -0.05) is 29.3 Å². The van der Waals surface area contributed by atoms with Gasteiger partial charge in [0.25, 0.3) is 0 Å². The molecule has 0 bridgehead atoms. The molecule has 3 heteroatoms. The summed E-state index contributed by atoms with van der Waals surface area (Å²) in [5, 5.41) is 0.865. The minimum absolute atomic E-state index is 0.419. The van der Waals surface area contributed by atoms with E-state index in [2.05, 4.69) is 11.9 Å². The molecule has 0 aliphatic heterocycles. The lowest BCUT2D eigenvalue weighted by molar-refractivity contribution is 1.19. The van der Waals surface area contributed by atoms with Gasteiger partial charge in [0.15, 0.2) is 0 Å². The normalized spacial score (nSPS) is 9.90. The average Bonchev–Trinajstić information content (AvgIpc) is 1.88. The summed E-state index contributed by atoms with van der Waals surface area (Å²) in [4.78, 5) is 3.84. The molecule has 1 rings (SSSR count). The highest BCUT2D eigenvalue weighted by molar-refractivity contribution is 6.32. The molecule has 0 amide bonds. The number of hydrogen-bond donors (Lipinski definition) is 0. The summed E-state index contributed by atoms with van der Waals surface area (Å²) < 4.78 is 0. The third-order valence-electron chi connectivity index (χ3n) is 1.16. The van der Waals surface area contributed by atoms with E-state index in [4.69, 9.17) is 23.2 Å². The molecule has 0 fully saturated rings. The van der Waals surface area contributed by atoms with Gasteiger partial charge < -0.3 is 0 Å². The molecule has 1 aromatic heterocycles. The van der Waals surface area contributed by atoms with E-state index in [1.165, 1.54) is 0 Å². The van der Waals surface area contributed by atoms with Crippen molar-refractivity contribution >= 4 is 23.2 Å². The first-order valence-corrected chi connectivity index (χ1v) is 3.60. The third-order valence-corrected chi connectivity index (χ3v) is 1.70. The average molecular weight is 175 g/mol. The molecule has 0 aliphatic rings. The number of hydrogen-bond acceptors (Lipinski definition) is 1. The van der Waals surface area contributed by atoms with Gasteiger partial charge in [-0.3, -0.25) is 0 Å². The van der Waals surface area contributed by atoms with Crippen molar-refractivity contribution < 1.29 is 0 Å². The Morgan fingerprint density at radius 1 is 1.40 bits per heavy atom. The molecule has 10 heavy (non-hydrogen) atoms. The van der Waals surface area contributed by atoms with Crippen LogP contribution in [0.5, 0.6) is 0 Å². The van der Waals surface area contributed by atoms with Crippen LogP contribution in [0.4, 0.5) is 0 Å². The van der Waals surface area contributed by atoms with Gasteiger partial charge in [-0.05, 0) is 25.0 Å². The zero-order chi connectivity index (χ0) is 7.56. The van der Waals surface area contributed by atoms with Crippen molar-refractivity contribution in [2.24, 2.45) is 0 Å². The van der Waals surface area contributed by atoms with Gasteiger partial charge in [-0.25, -0.2) is 4.98 Å². The Bertz CT molecular complexity index is 235. The van der Waals surface area contributed by atoms with Gasteiger partial charge in [0.1, 0.15) is 10.3 Å². The highest BCUT2D eigenvalue weighted by atomic mass is 35.5. The van der Waals surface area contributed by atoms with E-state index in [-0.39, 0.29) is 0 Å². The zero-order valence-corrected chi connectivity index (χ0v) is 6.78. The molecular formula is C7H6Cl2N. The lowest BCUT2D eigenvalue weighted by atomic mass is 10.2. The lowest BCUT2D eigenvalue weighted by Gasteiger charge is -1.97. The minimum atomic E-state index is 0.419. The van der Waals surface area contributed by atoms with Crippen molar-refractivity contribution in [3.8, 4) is 0 Å². The Kier molecular flexibility index (Phi) is 2.52. The summed E-state index contributed by atoms with van der Waals surface area (Å²) in [7, 11) is 0. The van der Waals surface area contributed by atoms with Crippen LogP contribution in [0, 0.1) is 6.92 Å². The Labute approximate surface area is 70.0 Å². The van der Waals surface area contributed by atoms with Crippen LogP contribution < -0.4 is 0 Å². The highest BCUT2D eigenvalue weighted by Crippen LogP contribution is 2.16. The SMILES string of the molecule is [CH2]Cc1ccc(Cl)nc1Cl. The smallest absolute Gasteiger partial charge is 0.134 e. The monoisotopic (exact) mass is 174 g/mol. The summed E-state index contributed by atoms with van der Waals surface area (Å²) in [6, 6.07) is 3.53. The van der Waals surface area contributed by atoms with Crippen molar-refractivity contribution in [1.82, 2.24) is 4.98 Å². The molecule has 0 aliphatic carbocycles. The van der Waals surface area contributed by atoms with Crippen LogP contribution in [-0.2, 0) is 6.42 Å². The van der Waals surface area contributed by atoms with E-state index in [9.17, 15) is 0 Å². The molecule has 0 saturated heterocycles. The van der Waals surface area contributed by atoms with Crippen molar-refractivity contribution in [2.45, 2.75) is 6.42 Å². The number of rotatable bonds is 1. The number of aromatic nitrogens is 1. The molecule has 0 spiro atoms. The van der Waals surface area contributed by atoms with Gasteiger partial charge >= 0.3 is 0 Å². The molecular weight excluding hydrogens is 169 g/mol. The largest absolute Gasteiger partial charge is 0.224 e. The van der Waals surface area contributed by atoms with Gasteiger partial charge in [0.2, 0.25) is 0 Å². The van der Waals surface area contributed by atoms with E-state index in [1.807, 2.05) is 6.07 Å². The van der Waals surface area contributed by atoms with E-state index in [0.717, 1.165) is 5.56 Å². The maximum Gasteiger partial charge on any atom is 0.134 e. The first-order valence-electron chi connectivity index (χ1n) is 2.84. The first-order chi connectivity index (χ1) is 4.74. The van der Waals surface area contributed by atoms with E-state index < -0.39 is 0 Å². The van der Waals surface area contributed by atoms with Gasteiger partial charge in [0.05, 0.1) is 0 Å². The maximum absolute atomic E-state index is 5.69. The van der Waals surface area contributed by atoms with Crippen molar-refractivity contribution in [3.63, 3.8) is 0 Å². The summed E-state index contributed by atoms with van der Waals surface area (Å²) in [5.41, 5.74) is 0.922. The summed E-state index contributed by atoms with van der Waals surface area (Å²) in [6.45, 7) is 3.68. The van der Waals surface area contributed by atoms with Gasteiger partial charge in [-0.2, -0.15) is 0 Å². The second-order valence-electron chi connectivity index (χ2n) is 1.83. The van der Waals surface area contributed by atoms with Crippen LogP contribution in [0.1, 0.15) is 5.56 Å². The fourth-order valence-electron chi connectivity index (χ4n) is 0.627. The standard InChI is InChI=1S/C7H6Cl2N/c1-2-5-3-4-6(8)10-7(5)9/h3-4H,1-2H2. The van der Waals surface area contributed by atoms with Crippen LogP contribution in [0.15, 0.2) is 12.1 Å². The van der Waals surface area contributed by atoms with E-state index in [0.29, 0.717) is 16.7 Å². The van der Waals surface area contributed by atoms with E-state index >= 15 is 0 Å². The van der Waals surface area contributed by atoms with E-state index in [1.54, 1.807) is 6.07 Å². The van der Waals surface area contributed by atoms with Crippen molar-refractivity contribution in [1.29, 1.82) is 0 Å². The minimum Gasteiger partial charge on any atom is -0.224 e. The van der Waals surface area contributed by atoms with Crippen LogP contribution in [0.25, 0.3) is 0 Å². The molecule has 1 aromatic rings. The summed E-state index contributed by atoms with van der Waals surface area (Å²) in [5.74, 6) is 0. The molecule has 0 N–H and O–H groups in total. The van der Waals surface area contributed by atoms with Crippen LogP contribution in [-0.4, -0.2) is 4.98 Å². The van der Waals surface area contributed by atoms with Crippen LogP contribution in [0.2, 0.25) is 10.3 Å². The Hall–Kier alpha value is -0.270. The molecule has 0 atom stereocenters. The maximum atomic E-state index is 5.69. The predicted octanol–water partition coefficient (Wildman–Crippen LogP) is 2.76. The summed E-state index contributed by atoms with van der Waals surface area (Å²) >= 11 is 11.3. The van der Waals surface area contributed by atoms with Crippen molar-refractivity contribution in [2.75, 3.05) is 0 Å². The predicted molar refractivity (Wildman–Crippen MR) is 43.3 cm³/mol. The number of halogens is 2. The second kappa shape index (κ2) is 3.22. The number of pyridine rings is 1. The molecule has 53 valence electrons. The fraction of sp³-hybridized carbons (Fsp3) is 0.143. The first kappa shape index (κ1) is 7.83. The highest BCUT2D eigenvalue weighted by Gasteiger charge is 1.98. The molecule has 0 aromatic carbocycles. The van der Waals surface area contributed by atoms with Crippen LogP contribution >= 0.6 is 23.2 Å². The fourth-order valence-corrected chi connectivity index (χ4v) is 1.07. The van der Waals surface area contributed by atoms with Gasteiger partial charge in [-0.15, -0.1) is 0 Å². The second-order valence-corrected chi connectivity index (χ2v) is 2.58. The molecule has 0 unspecified atom stereocenters. The molecule has 1 heterocycles. The lowest BCUT2D eigenvalue weighted by Crippen LogP contribution is -1.85. The molecule has 0 saturated carbocycles. The zero-order valence-electron chi connectivity index (χ0n) is 5.27. The Balaban J connectivity index is 3.07. The summed E-state index contributed by atoms with van der Waals surface area (Å²) in [6.07, 6.45) is 0.642. The number of nitrogens with zero attached hydrogens (tertiary/aromatic N) is 1. The quantitative estimate of drug-likeness (QED) is 0.598. The molecule has 1 radical (unpaired) electrons. The van der Waals surface area contributed by atoms with Crippen LogP contribution in [0.3, 0.4) is 0 Å².